The number of nitrogens with zero attached hydrogens (tertiary/aromatic N) is 3. The molecule has 0 saturated heterocycles. The van der Waals surface area contributed by atoms with Crippen LogP contribution in [-0.2, 0) is 10.4 Å². The maximum absolute atomic E-state index is 13.1. The molecule has 0 spiro atoms. The lowest BCUT2D eigenvalue weighted by atomic mass is 9.85. The number of hydrogen-bond donors (Lipinski definition) is 2. The van der Waals surface area contributed by atoms with Crippen molar-refractivity contribution in [1.29, 1.82) is 5.26 Å². The van der Waals surface area contributed by atoms with Gasteiger partial charge in [0.05, 0.1) is 11.1 Å². The first-order valence-corrected chi connectivity index (χ1v) is 11.0. The molecule has 0 bridgehead atoms. The molecule has 37 heavy (non-hydrogen) atoms. The summed E-state index contributed by atoms with van der Waals surface area (Å²) in [5.41, 5.74) is 1.58. The highest BCUT2D eigenvalue weighted by molar-refractivity contribution is 5.91. The van der Waals surface area contributed by atoms with Crippen LogP contribution in [0.1, 0.15) is 22.3 Å². The van der Waals surface area contributed by atoms with E-state index in [1.807, 2.05) is 6.07 Å². The van der Waals surface area contributed by atoms with Crippen molar-refractivity contribution in [3.63, 3.8) is 0 Å². The Hall–Kier alpha value is -5.33. The number of ether oxygens (including phenoxy) is 1. The third-order valence-electron chi connectivity index (χ3n) is 5.47. The standard InChI is InChI=1S/C28H20N4O5/c29-18-21-17-24(32(35)36)14-15-26(21)37-25-13-7-8-20(16-25)19-30-31-27(33)28(34,22-9-3-1-4-10-22)23-11-5-2-6-12-23/h1-17,19,34H,(H,31,33)/b30-19+. The van der Waals surface area contributed by atoms with Crippen molar-refractivity contribution in [3.8, 4) is 17.6 Å². The van der Waals surface area contributed by atoms with Gasteiger partial charge in [0.15, 0.2) is 5.60 Å². The minimum Gasteiger partial charge on any atom is -0.456 e. The zero-order chi connectivity index (χ0) is 26.3. The molecule has 0 aliphatic rings. The number of carbonyl (C=O) groups excluding carboxylic acids is 1. The summed E-state index contributed by atoms with van der Waals surface area (Å²) < 4.78 is 5.74. The van der Waals surface area contributed by atoms with Crippen LogP contribution in [0.2, 0.25) is 0 Å². The van der Waals surface area contributed by atoms with E-state index in [-0.39, 0.29) is 17.0 Å². The molecular weight excluding hydrogens is 472 g/mol. The highest BCUT2D eigenvalue weighted by atomic mass is 16.6. The first-order valence-electron chi connectivity index (χ1n) is 11.0. The molecule has 4 aromatic rings. The first kappa shape index (κ1) is 24.8. The fourth-order valence-electron chi connectivity index (χ4n) is 3.63. The van der Waals surface area contributed by atoms with Gasteiger partial charge < -0.3 is 9.84 Å². The Balaban J connectivity index is 1.52. The van der Waals surface area contributed by atoms with Gasteiger partial charge in [0.25, 0.3) is 11.6 Å². The third kappa shape index (κ3) is 5.51. The smallest absolute Gasteiger partial charge is 0.281 e. The number of nitro benzene ring substituents is 1. The zero-order valence-electron chi connectivity index (χ0n) is 19.3. The number of carbonyl (C=O) groups is 1. The fraction of sp³-hybridized carbons (Fsp3) is 0.0357. The highest BCUT2D eigenvalue weighted by Crippen LogP contribution is 2.30. The van der Waals surface area contributed by atoms with Crippen LogP contribution >= 0.6 is 0 Å². The summed E-state index contributed by atoms with van der Waals surface area (Å²) in [4.78, 5) is 23.5. The van der Waals surface area contributed by atoms with Gasteiger partial charge in [-0.2, -0.15) is 10.4 Å². The average Bonchev–Trinajstić information content (AvgIpc) is 2.93. The molecule has 0 saturated carbocycles. The quantitative estimate of drug-likeness (QED) is 0.209. The molecule has 2 N–H and O–H groups in total. The minimum absolute atomic E-state index is 0.0154. The summed E-state index contributed by atoms with van der Waals surface area (Å²) in [6.45, 7) is 0. The number of amides is 1. The first-order chi connectivity index (χ1) is 17.9. The monoisotopic (exact) mass is 492 g/mol. The number of nitriles is 1. The molecule has 9 nitrogen and oxygen atoms in total. The van der Waals surface area contributed by atoms with Crippen LogP contribution in [0.25, 0.3) is 0 Å². The van der Waals surface area contributed by atoms with Crippen molar-refractivity contribution in [2.75, 3.05) is 0 Å². The number of hydrogen-bond acceptors (Lipinski definition) is 7. The number of rotatable bonds is 8. The van der Waals surface area contributed by atoms with Crippen molar-refractivity contribution in [1.82, 2.24) is 5.43 Å². The van der Waals surface area contributed by atoms with E-state index in [1.54, 1.807) is 84.9 Å². The van der Waals surface area contributed by atoms with Crippen molar-refractivity contribution < 1.29 is 19.6 Å². The Bertz CT molecular complexity index is 1460. The molecule has 0 aromatic heterocycles. The van der Waals surface area contributed by atoms with E-state index in [4.69, 9.17) is 4.74 Å². The number of nitrogens with one attached hydrogen (secondary N) is 1. The van der Waals surface area contributed by atoms with Crippen LogP contribution in [0.15, 0.2) is 108 Å². The number of aliphatic hydroxyl groups is 1. The van der Waals surface area contributed by atoms with Crippen molar-refractivity contribution in [2.45, 2.75) is 5.60 Å². The van der Waals surface area contributed by atoms with Gasteiger partial charge in [-0.15, -0.1) is 0 Å². The molecule has 4 rings (SSSR count). The van der Waals surface area contributed by atoms with E-state index in [0.717, 1.165) is 6.07 Å². The molecule has 4 aromatic carbocycles. The van der Waals surface area contributed by atoms with Crippen LogP contribution < -0.4 is 10.2 Å². The van der Waals surface area contributed by atoms with E-state index in [0.29, 0.717) is 22.4 Å². The van der Waals surface area contributed by atoms with Crippen LogP contribution in [0.3, 0.4) is 0 Å². The summed E-state index contributed by atoms with van der Waals surface area (Å²) >= 11 is 0. The van der Waals surface area contributed by atoms with Crippen LogP contribution in [0.4, 0.5) is 5.69 Å². The van der Waals surface area contributed by atoms with Crippen LogP contribution in [0, 0.1) is 21.4 Å². The largest absolute Gasteiger partial charge is 0.456 e. The number of non-ortho nitro benzene ring substituents is 1. The summed E-state index contributed by atoms with van der Waals surface area (Å²) in [6.07, 6.45) is 1.38. The Morgan fingerprint density at radius 2 is 1.62 bits per heavy atom. The number of hydrazone groups is 1. The second-order valence-corrected chi connectivity index (χ2v) is 7.87. The Morgan fingerprint density at radius 3 is 2.22 bits per heavy atom. The molecule has 0 heterocycles. The lowest BCUT2D eigenvalue weighted by molar-refractivity contribution is -0.384. The van der Waals surface area contributed by atoms with E-state index in [2.05, 4.69) is 10.5 Å². The molecule has 182 valence electrons. The van der Waals surface area contributed by atoms with E-state index < -0.39 is 16.4 Å². The summed E-state index contributed by atoms with van der Waals surface area (Å²) in [6, 6.07) is 29.4. The van der Waals surface area contributed by atoms with E-state index >= 15 is 0 Å². The molecule has 0 unspecified atom stereocenters. The summed E-state index contributed by atoms with van der Waals surface area (Å²) in [5.74, 6) is -0.227. The van der Waals surface area contributed by atoms with Crippen molar-refractivity contribution >= 4 is 17.8 Å². The summed E-state index contributed by atoms with van der Waals surface area (Å²) in [5, 5.41) is 35.7. The zero-order valence-corrected chi connectivity index (χ0v) is 19.3. The van der Waals surface area contributed by atoms with Crippen LogP contribution in [-0.4, -0.2) is 22.2 Å². The molecule has 0 aliphatic heterocycles. The summed E-state index contributed by atoms with van der Waals surface area (Å²) in [7, 11) is 0. The van der Waals surface area contributed by atoms with Gasteiger partial charge in [0.1, 0.15) is 23.1 Å². The van der Waals surface area contributed by atoms with E-state index in [1.165, 1.54) is 18.3 Å². The van der Waals surface area contributed by atoms with Gasteiger partial charge in [-0.25, -0.2) is 5.43 Å². The molecule has 0 fully saturated rings. The number of benzene rings is 4. The molecular formula is C28H20N4O5. The van der Waals surface area contributed by atoms with Crippen LogP contribution in [0.5, 0.6) is 11.5 Å². The van der Waals surface area contributed by atoms with Gasteiger partial charge >= 0.3 is 0 Å². The molecule has 0 atom stereocenters. The maximum atomic E-state index is 13.1. The average molecular weight is 492 g/mol. The van der Waals surface area contributed by atoms with Gasteiger partial charge in [0, 0.05) is 12.1 Å². The van der Waals surface area contributed by atoms with Crippen molar-refractivity contribution in [3.05, 3.63) is 135 Å². The predicted octanol–water partition coefficient (Wildman–Crippen LogP) is 4.64. The minimum atomic E-state index is -1.96. The van der Waals surface area contributed by atoms with E-state index in [9.17, 15) is 25.3 Å². The number of nitro groups is 1. The van der Waals surface area contributed by atoms with Gasteiger partial charge in [0.2, 0.25) is 0 Å². The lowest BCUT2D eigenvalue weighted by Crippen LogP contribution is -2.43. The van der Waals surface area contributed by atoms with Crippen molar-refractivity contribution in [2.24, 2.45) is 5.10 Å². The maximum Gasteiger partial charge on any atom is 0.281 e. The van der Waals surface area contributed by atoms with Gasteiger partial charge in [-0.05, 0) is 34.9 Å². The molecule has 9 heteroatoms. The Kier molecular flexibility index (Phi) is 7.33. The Labute approximate surface area is 212 Å². The second kappa shape index (κ2) is 10.9. The Morgan fingerprint density at radius 1 is 0.973 bits per heavy atom. The third-order valence-corrected chi connectivity index (χ3v) is 5.47. The normalized spacial score (nSPS) is 11.0. The predicted molar refractivity (Wildman–Crippen MR) is 136 cm³/mol. The molecule has 0 aliphatic carbocycles. The molecule has 0 radical (unpaired) electrons. The van der Waals surface area contributed by atoms with Gasteiger partial charge in [-0.1, -0.05) is 72.8 Å². The molecule has 1 amide bonds. The SMILES string of the molecule is N#Cc1cc([N+](=O)[O-])ccc1Oc1cccc(/C=N/NC(=O)C(O)(c2ccccc2)c2ccccc2)c1. The highest BCUT2D eigenvalue weighted by Gasteiger charge is 2.39. The fourth-order valence-corrected chi connectivity index (χ4v) is 3.63. The lowest BCUT2D eigenvalue weighted by Gasteiger charge is -2.27. The topological polar surface area (TPSA) is 138 Å². The second-order valence-electron chi connectivity index (χ2n) is 7.87. The van der Waals surface area contributed by atoms with Gasteiger partial charge in [-0.3, -0.25) is 14.9 Å².